The van der Waals surface area contributed by atoms with Crippen LogP contribution in [0.4, 0.5) is 11.4 Å². The molecule has 0 saturated heterocycles. The molecule has 1 aromatic heterocycles. The van der Waals surface area contributed by atoms with Crippen molar-refractivity contribution >= 4 is 38.6 Å². The van der Waals surface area contributed by atoms with Crippen molar-refractivity contribution in [2.45, 2.75) is 0 Å². The average Bonchev–Trinajstić information content (AvgIpc) is 3.06. The van der Waals surface area contributed by atoms with Crippen LogP contribution in [-0.4, -0.2) is 24.8 Å². The second kappa shape index (κ2) is 7.00. The quantitative estimate of drug-likeness (QED) is 0.573. The fourth-order valence-electron chi connectivity index (χ4n) is 2.22. The molecule has 1 N–H and O–H groups in total. The molecular weight excluding hydrogens is 332 g/mol. The number of nitrogens with one attached hydrogen (secondary N) is 1. The van der Waals surface area contributed by atoms with Gasteiger partial charge in [-0.25, -0.2) is 4.98 Å². The second-order valence-electron chi connectivity index (χ2n) is 5.44. The molecule has 122 valence electrons. The van der Waals surface area contributed by atoms with Crippen LogP contribution in [-0.2, 0) is 0 Å². The van der Waals surface area contributed by atoms with Crippen LogP contribution in [0, 0.1) is 22.7 Å². The first-order valence-corrected chi connectivity index (χ1v) is 8.24. The number of benzene rings is 2. The molecule has 0 atom stereocenters. The van der Waals surface area contributed by atoms with Crippen molar-refractivity contribution in [3.8, 4) is 22.7 Å². The van der Waals surface area contributed by atoms with Crippen molar-refractivity contribution in [2.24, 2.45) is 5.10 Å². The molecule has 0 bridgehead atoms. The minimum atomic E-state index is -0.217. The number of nitrogens with zero attached hydrogens (tertiary/aromatic N) is 5. The fourth-order valence-corrected chi connectivity index (χ4v) is 3.23. The summed E-state index contributed by atoms with van der Waals surface area (Å²) in [6.07, 6.45) is 0. The Bertz CT molecular complexity index is 1000. The van der Waals surface area contributed by atoms with Gasteiger partial charge >= 0.3 is 0 Å². The molecule has 0 aliphatic rings. The van der Waals surface area contributed by atoms with Gasteiger partial charge in [-0.15, -0.1) is 11.3 Å². The van der Waals surface area contributed by atoms with Crippen molar-refractivity contribution in [1.29, 1.82) is 10.5 Å². The Morgan fingerprint density at radius 3 is 2.48 bits per heavy atom. The number of nitriles is 2. The number of hydrogen-bond donors (Lipinski definition) is 1. The molecule has 3 aromatic rings. The zero-order chi connectivity index (χ0) is 17.8. The van der Waals surface area contributed by atoms with Gasteiger partial charge < -0.3 is 4.90 Å². The highest BCUT2D eigenvalue weighted by Crippen LogP contribution is 2.32. The van der Waals surface area contributed by atoms with Crippen LogP contribution in [0.1, 0.15) is 0 Å². The van der Waals surface area contributed by atoms with Gasteiger partial charge in [0.05, 0.1) is 15.9 Å². The van der Waals surface area contributed by atoms with Gasteiger partial charge in [-0.05, 0) is 42.5 Å². The van der Waals surface area contributed by atoms with E-state index in [-0.39, 0.29) is 5.71 Å². The molecule has 0 aliphatic carbocycles. The molecule has 2 aromatic carbocycles. The molecule has 1 heterocycles. The van der Waals surface area contributed by atoms with Gasteiger partial charge in [0.25, 0.3) is 0 Å². The molecule has 0 amide bonds. The molecule has 0 unspecified atom stereocenters. The van der Waals surface area contributed by atoms with E-state index in [0.717, 1.165) is 26.5 Å². The maximum absolute atomic E-state index is 8.70. The molecule has 3 rings (SSSR count). The Balaban J connectivity index is 1.89. The van der Waals surface area contributed by atoms with Crippen LogP contribution in [0.3, 0.4) is 0 Å². The van der Waals surface area contributed by atoms with Crippen molar-refractivity contribution < 1.29 is 0 Å². The largest absolute Gasteiger partial charge is 0.378 e. The summed E-state index contributed by atoms with van der Waals surface area (Å²) in [5.41, 5.74) is 6.31. The van der Waals surface area contributed by atoms with Crippen LogP contribution in [0.2, 0.25) is 0 Å². The number of hydrogen-bond acceptors (Lipinski definition) is 7. The first-order chi connectivity index (χ1) is 12.1. The lowest BCUT2D eigenvalue weighted by Gasteiger charge is -2.11. The molecule has 6 nitrogen and oxygen atoms in total. The normalized spacial score (nSPS) is 9.92. The number of hydrazone groups is 1. The first-order valence-electron chi connectivity index (χ1n) is 7.43. The highest BCUT2D eigenvalue weighted by molar-refractivity contribution is 7.21. The van der Waals surface area contributed by atoms with Crippen molar-refractivity contribution in [3.63, 3.8) is 0 Å². The Morgan fingerprint density at radius 1 is 1.12 bits per heavy atom. The van der Waals surface area contributed by atoms with Gasteiger partial charge in [-0.1, -0.05) is 0 Å². The molecule has 0 aliphatic heterocycles. The summed E-state index contributed by atoms with van der Waals surface area (Å²) in [4.78, 5) is 6.72. The minimum absolute atomic E-state index is 0.217. The Kier molecular flexibility index (Phi) is 4.60. The van der Waals surface area contributed by atoms with E-state index in [0.29, 0.717) is 5.69 Å². The van der Waals surface area contributed by atoms with E-state index in [1.54, 1.807) is 23.5 Å². The molecule has 25 heavy (non-hydrogen) atoms. The lowest BCUT2D eigenvalue weighted by atomic mass is 10.2. The lowest BCUT2D eigenvalue weighted by molar-refractivity contribution is 1.13. The lowest BCUT2D eigenvalue weighted by Crippen LogP contribution is -2.07. The van der Waals surface area contributed by atoms with Gasteiger partial charge in [-0.3, -0.25) is 5.43 Å². The van der Waals surface area contributed by atoms with E-state index in [9.17, 15) is 0 Å². The van der Waals surface area contributed by atoms with Crippen molar-refractivity contribution in [2.75, 3.05) is 24.4 Å². The van der Waals surface area contributed by atoms with E-state index in [2.05, 4.69) is 44.7 Å². The molecule has 0 fully saturated rings. The molecule has 7 heteroatoms. The molecule has 0 spiro atoms. The Morgan fingerprint density at radius 2 is 1.84 bits per heavy atom. The summed E-state index contributed by atoms with van der Waals surface area (Å²) in [6.45, 7) is 0. The van der Waals surface area contributed by atoms with Gasteiger partial charge in [-0.2, -0.15) is 15.6 Å². The summed E-state index contributed by atoms with van der Waals surface area (Å²) in [6, 6.07) is 17.3. The summed E-state index contributed by atoms with van der Waals surface area (Å²) in [5.74, 6) is 0. The van der Waals surface area contributed by atoms with Crippen molar-refractivity contribution in [1.82, 2.24) is 4.98 Å². The van der Waals surface area contributed by atoms with Crippen LogP contribution in [0.5, 0.6) is 0 Å². The Hall–Kier alpha value is -3.42. The highest BCUT2D eigenvalue weighted by atomic mass is 32.1. The van der Waals surface area contributed by atoms with E-state index in [1.165, 1.54) is 0 Å². The van der Waals surface area contributed by atoms with Crippen molar-refractivity contribution in [3.05, 3.63) is 42.5 Å². The van der Waals surface area contributed by atoms with E-state index < -0.39 is 0 Å². The third-order valence-electron chi connectivity index (χ3n) is 3.53. The SMILES string of the molecule is CN(C)c1ccc(-c2nc3ccc(NN=C(C#N)C#N)cc3s2)cc1. The number of fused-ring (bicyclic) bond motifs is 1. The minimum Gasteiger partial charge on any atom is -0.378 e. The van der Waals surface area contributed by atoms with Gasteiger partial charge in [0, 0.05) is 25.3 Å². The zero-order valence-corrected chi connectivity index (χ0v) is 14.5. The monoisotopic (exact) mass is 346 g/mol. The standard InChI is InChI=1S/C18H14N6S/c1-24(2)15-6-3-12(4-7-15)18-21-16-8-5-13(9-17(16)25-18)22-23-14(10-19)11-20/h3-9,22H,1-2H3. The van der Waals surface area contributed by atoms with E-state index in [4.69, 9.17) is 10.5 Å². The summed E-state index contributed by atoms with van der Waals surface area (Å²) >= 11 is 1.58. The van der Waals surface area contributed by atoms with Crippen LogP contribution >= 0.6 is 11.3 Å². The molecular formula is C18H14N6S. The number of anilines is 2. The summed E-state index contributed by atoms with van der Waals surface area (Å²) < 4.78 is 1.00. The topological polar surface area (TPSA) is 88.1 Å². The van der Waals surface area contributed by atoms with Gasteiger partial charge in [0.2, 0.25) is 5.71 Å². The van der Waals surface area contributed by atoms with Gasteiger partial charge in [0.1, 0.15) is 17.1 Å². The average molecular weight is 346 g/mol. The van der Waals surface area contributed by atoms with E-state index >= 15 is 0 Å². The number of thiazole rings is 1. The van der Waals surface area contributed by atoms with Crippen LogP contribution < -0.4 is 10.3 Å². The van der Waals surface area contributed by atoms with Crippen LogP contribution in [0.25, 0.3) is 20.8 Å². The Labute approximate surface area is 149 Å². The molecule has 0 saturated carbocycles. The first kappa shape index (κ1) is 16.4. The summed E-state index contributed by atoms with van der Waals surface area (Å²) in [5, 5.41) is 22.1. The van der Waals surface area contributed by atoms with Crippen LogP contribution in [0.15, 0.2) is 47.6 Å². The zero-order valence-electron chi connectivity index (χ0n) is 13.7. The second-order valence-corrected chi connectivity index (χ2v) is 6.47. The summed E-state index contributed by atoms with van der Waals surface area (Å²) in [7, 11) is 4.02. The maximum Gasteiger partial charge on any atom is 0.237 e. The predicted molar refractivity (Wildman–Crippen MR) is 102 cm³/mol. The third-order valence-corrected chi connectivity index (χ3v) is 4.59. The van der Waals surface area contributed by atoms with E-state index in [1.807, 2.05) is 32.3 Å². The number of aromatic nitrogens is 1. The fraction of sp³-hybridized carbons (Fsp3) is 0.111. The third kappa shape index (κ3) is 3.57. The predicted octanol–water partition coefficient (Wildman–Crippen LogP) is 3.84. The van der Waals surface area contributed by atoms with Gasteiger partial charge in [0.15, 0.2) is 0 Å². The molecule has 0 radical (unpaired) electrons. The number of rotatable bonds is 4. The highest BCUT2D eigenvalue weighted by Gasteiger charge is 2.07. The maximum atomic E-state index is 8.70. The smallest absolute Gasteiger partial charge is 0.237 e.